The van der Waals surface area contributed by atoms with Crippen molar-refractivity contribution in [2.45, 2.75) is 33.2 Å². The first-order valence-corrected chi connectivity index (χ1v) is 10.2. The molecule has 1 heterocycles. The van der Waals surface area contributed by atoms with Crippen LogP contribution in [0.4, 0.5) is 0 Å². The number of rotatable bonds is 9. The second kappa shape index (κ2) is 9.93. The Kier molecular flexibility index (Phi) is 7.07. The zero-order chi connectivity index (χ0) is 22.4. The molecule has 0 atom stereocenters. The predicted octanol–water partition coefficient (Wildman–Crippen LogP) is 4.47. The molecule has 0 aliphatic rings. The number of carboxylic acid groups (broad SMARTS) is 1. The molecule has 7 nitrogen and oxygen atoms in total. The molecule has 162 valence electrons. The van der Waals surface area contributed by atoms with Crippen LogP contribution in [0, 0.1) is 0 Å². The van der Waals surface area contributed by atoms with E-state index in [-0.39, 0.29) is 16.8 Å². The predicted molar refractivity (Wildman–Crippen MR) is 121 cm³/mol. The number of methoxy groups -OCH3 is 1. The molecule has 31 heavy (non-hydrogen) atoms. The van der Waals surface area contributed by atoms with Gasteiger partial charge in [0.2, 0.25) is 0 Å². The normalized spacial score (nSPS) is 11.2. The number of unbranched alkanes of at least 4 members (excludes halogenated alkanes) is 1. The van der Waals surface area contributed by atoms with Gasteiger partial charge in [-0.15, -0.1) is 0 Å². The standard InChI is InChI=1S/C24H26N2O5/c1-4-6-13-31-21-12-8-16(14-22(21)30-3)7-10-18-23(27)26(5-2)20-11-9-17(24(28)29)15-19(20)25-18/h7-12,14-15H,4-6,13H2,1-3H3,(H,28,29)/b10-7+. The van der Waals surface area contributed by atoms with Crippen LogP contribution in [0.5, 0.6) is 11.5 Å². The molecule has 0 saturated carbocycles. The molecule has 0 amide bonds. The van der Waals surface area contributed by atoms with Crippen molar-refractivity contribution < 1.29 is 19.4 Å². The Morgan fingerprint density at radius 3 is 2.61 bits per heavy atom. The van der Waals surface area contributed by atoms with E-state index < -0.39 is 5.97 Å². The Bertz CT molecular complexity index is 1180. The van der Waals surface area contributed by atoms with E-state index in [1.165, 1.54) is 12.1 Å². The van der Waals surface area contributed by atoms with E-state index in [1.54, 1.807) is 29.9 Å². The minimum absolute atomic E-state index is 0.125. The molecule has 0 fully saturated rings. The lowest BCUT2D eigenvalue weighted by atomic mass is 10.1. The lowest BCUT2D eigenvalue weighted by Crippen LogP contribution is -2.23. The van der Waals surface area contributed by atoms with Crippen LogP contribution in [-0.4, -0.2) is 34.3 Å². The van der Waals surface area contributed by atoms with Gasteiger partial charge in [-0.05, 0) is 55.3 Å². The van der Waals surface area contributed by atoms with Crippen molar-refractivity contribution in [2.24, 2.45) is 0 Å². The highest BCUT2D eigenvalue weighted by Gasteiger charge is 2.11. The summed E-state index contributed by atoms with van der Waals surface area (Å²) in [6.45, 7) is 5.03. The highest BCUT2D eigenvalue weighted by atomic mass is 16.5. The van der Waals surface area contributed by atoms with Crippen LogP contribution in [0.2, 0.25) is 0 Å². The topological polar surface area (TPSA) is 90.6 Å². The number of hydrogen-bond acceptors (Lipinski definition) is 5. The molecule has 0 unspecified atom stereocenters. The number of carbonyl (C=O) groups is 1. The third-order valence-electron chi connectivity index (χ3n) is 4.91. The first kappa shape index (κ1) is 22.1. The summed E-state index contributed by atoms with van der Waals surface area (Å²) < 4.78 is 12.8. The Balaban J connectivity index is 1.97. The van der Waals surface area contributed by atoms with Gasteiger partial charge in [-0.25, -0.2) is 9.78 Å². The fraction of sp³-hybridized carbons (Fsp3) is 0.292. The smallest absolute Gasteiger partial charge is 0.335 e. The molecule has 0 aliphatic heterocycles. The summed E-state index contributed by atoms with van der Waals surface area (Å²) in [5.74, 6) is 0.247. The maximum atomic E-state index is 12.9. The molecule has 0 bridgehead atoms. The van der Waals surface area contributed by atoms with Gasteiger partial charge in [0.25, 0.3) is 5.56 Å². The quantitative estimate of drug-likeness (QED) is 0.512. The van der Waals surface area contributed by atoms with E-state index in [0.717, 1.165) is 18.4 Å². The SMILES string of the molecule is CCCCOc1ccc(/C=C/c2nc3cc(C(=O)O)ccc3n(CC)c2=O)cc1OC. The van der Waals surface area contributed by atoms with Gasteiger partial charge in [0, 0.05) is 6.54 Å². The Morgan fingerprint density at radius 1 is 1.13 bits per heavy atom. The number of carboxylic acids is 1. The van der Waals surface area contributed by atoms with Crippen LogP contribution in [-0.2, 0) is 6.54 Å². The van der Waals surface area contributed by atoms with E-state index in [1.807, 2.05) is 25.1 Å². The van der Waals surface area contributed by atoms with Crippen LogP contribution in [0.1, 0.15) is 48.3 Å². The monoisotopic (exact) mass is 422 g/mol. The van der Waals surface area contributed by atoms with E-state index in [0.29, 0.717) is 35.7 Å². The van der Waals surface area contributed by atoms with Crippen molar-refractivity contribution >= 4 is 29.2 Å². The summed E-state index contributed by atoms with van der Waals surface area (Å²) >= 11 is 0. The van der Waals surface area contributed by atoms with Crippen LogP contribution in [0.25, 0.3) is 23.2 Å². The summed E-state index contributed by atoms with van der Waals surface area (Å²) in [6, 6.07) is 10.1. The third-order valence-corrected chi connectivity index (χ3v) is 4.91. The van der Waals surface area contributed by atoms with Gasteiger partial charge in [-0.3, -0.25) is 4.79 Å². The van der Waals surface area contributed by atoms with Gasteiger partial charge >= 0.3 is 5.97 Å². The number of hydrogen-bond donors (Lipinski definition) is 1. The molecular weight excluding hydrogens is 396 g/mol. The molecule has 0 radical (unpaired) electrons. The molecule has 1 aromatic heterocycles. The molecule has 0 saturated heterocycles. The minimum Gasteiger partial charge on any atom is -0.493 e. The summed E-state index contributed by atoms with van der Waals surface area (Å²) in [6.07, 6.45) is 5.42. The third kappa shape index (κ3) is 4.94. The van der Waals surface area contributed by atoms with E-state index in [4.69, 9.17) is 9.47 Å². The Labute approximate surface area is 180 Å². The van der Waals surface area contributed by atoms with Gasteiger partial charge in [0.05, 0.1) is 30.3 Å². The van der Waals surface area contributed by atoms with Crippen LogP contribution in [0.15, 0.2) is 41.2 Å². The number of ether oxygens (including phenoxy) is 2. The summed E-state index contributed by atoms with van der Waals surface area (Å²) in [5.41, 5.74) is 2.01. The number of nitrogens with zero attached hydrogens (tertiary/aromatic N) is 2. The minimum atomic E-state index is -1.04. The zero-order valence-corrected chi connectivity index (χ0v) is 17.9. The average Bonchev–Trinajstić information content (AvgIpc) is 2.78. The van der Waals surface area contributed by atoms with E-state index in [9.17, 15) is 14.7 Å². The van der Waals surface area contributed by atoms with Gasteiger partial charge in [0.15, 0.2) is 11.5 Å². The molecule has 3 aromatic rings. The molecule has 2 aromatic carbocycles. The largest absolute Gasteiger partial charge is 0.493 e. The molecule has 0 spiro atoms. The average molecular weight is 422 g/mol. The molecule has 7 heteroatoms. The van der Waals surface area contributed by atoms with Crippen molar-refractivity contribution in [3.05, 3.63) is 63.6 Å². The van der Waals surface area contributed by atoms with Gasteiger partial charge in [-0.1, -0.05) is 25.5 Å². The van der Waals surface area contributed by atoms with Crippen LogP contribution < -0.4 is 15.0 Å². The molecule has 1 N–H and O–H groups in total. The fourth-order valence-corrected chi connectivity index (χ4v) is 3.23. The zero-order valence-electron chi connectivity index (χ0n) is 17.9. The van der Waals surface area contributed by atoms with E-state index in [2.05, 4.69) is 11.9 Å². The van der Waals surface area contributed by atoms with Crippen LogP contribution in [0.3, 0.4) is 0 Å². The summed E-state index contributed by atoms with van der Waals surface area (Å²) in [4.78, 5) is 28.6. The highest BCUT2D eigenvalue weighted by Crippen LogP contribution is 2.29. The van der Waals surface area contributed by atoms with Gasteiger partial charge < -0.3 is 19.1 Å². The lowest BCUT2D eigenvalue weighted by molar-refractivity contribution is 0.0697. The van der Waals surface area contributed by atoms with Gasteiger partial charge in [-0.2, -0.15) is 0 Å². The molecule has 0 aliphatic carbocycles. The number of aryl methyl sites for hydroxylation is 1. The van der Waals surface area contributed by atoms with Crippen molar-refractivity contribution in [2.75, 3.05) is 13.7 Å². The van der Waals surface area contributed by atoms with Crippen LogP contribution >= 0.6 is 0 Å². The van der Waals surface area contributed by atoms with Crippen molar-refractivity contribution in [1.82, 2.24) is 9.55 Å². The lowest BCUT2D eigenvalue weighted by Gasteiger charge is -2.11. The summed E-state index contributed by atoms with van der Waals surface area (Å²) in [5, 5.41) is 9.25. The highest BCUT2D eigenvalue weighted by molar-refractivity contribution is 5.92. The first-order valence-electron chi connectivity index (χ1n) is 10.2. The number of aromatic nitrogens is 2. The number of fused-ring (bicyclic) bond motifs is 1. The van der Waals surface area contributed by atoms with E-state index >= 15 is 0 Å². The second-order valence-electron chi connectivity index (χ2n) is 7.00. The summed E-state index contributed by atoms with van der Waals surface area (Å²) in [7, 11) is 1.58. The Morgan fingerprint density at radius 2 is 1.94 bits per heavy atom. The molecule has 3 rings (SSSR count). The first-order chi connectivity index (χ1) is 15.0. The van der Waals surface area contributed by atoms with Crippen molar-refractivity contribution in [3.63, 3.8) is 0 Å². The number of aromatic carboxylic acids is 1. The Hall–Kier alpha value is -3.61. The molecular formula is C24H26N2O5. The second-order valence-corrected chi connectivity index (χ2v) is 7.00. The van der Waals surface area contributed by atoms with Gasteiger partial charge in [0.1, 0.15) is 5.69 Å². The number of benzene rings is 2. The van der Waals surface area contributed by atoms with Crippen molar-refractivity contribution in [1.29, 1.82) is 0 Å². The fourth-order valence-electron chi connectivity index (χ4n) is 3.23. The maximum absolute atomic E-state index is 12.9. The maximum Gasteiger partial charge on any atom is 0.335 e. The van der Waals surface area contributed by atoms with Crippen molar-refractivity contribution in [3.8, 4) is 11.5 Å².